The monoisotopic (exact) mass is 283 g/mol. The summed E-state index contributed by atoms with van der Waals surface area (Å²) in [7, 11) is 0. The van der Waals surface area contributed by atoms with E-state index in [-0.39, 0.29) is 5.91 Å². The highest BCUT2D eigenvalue weighted by molar-refractivity contribution is 7.98. The Morgan fingerprint density at radius 1 is 1.58 bits per heavy atom. The van der Waals surface area contributed by atoms with E-state index < -0.39 is 11.8 Å². The minimum Gasteiger partial charge on any atom is -0.391 e. The fourth-order valence-corrected chi connectivity index (χ4v) is 2.87. The normalized spacial score (nSPS) is 19.5. The Labute approximate surface area is 115 Å². The number of hydrogen-bond donors (Lipinski definition) is 2. The first kappa shape index (κ1) is 14.1. The van der Waals surface area contributed by atoms with E-state index in [9.17, 15) is 14.7 Å². The molecule has 2 rings (SSSR count). The van der Waals surface area contributed by atoms with E-state index in [4.69, 9.17) is 0 Å². The number of carbonyl (C=O) groups is 1. The Kier molecular flexibility index (Phi) is 4.26. The molecule has 0 spiro atoms. The SMILES string of the molecule is CSc1nc(=O)[nH]c(C)c1C(=O)N1CCC[C@H](O)C1. The molecule has 0 bridgehead atoms. The number of aromatic nitrogens is 2. The molecule has 104 valence electrons. The van der Waals surface area contributed by atoms with Crippen molar-refractivity contribution in [3.05, 3.63) is 21.7 Å². The van der Waals surface area contributed by atoms with Gasteiger partial charge < -0.3 is 15.0 Å². The van der Waals surface area contributed by atoms with Gasteiger partial charge in [0.1, 0.15) is 5.03 Å². The van der Waals surface area contributed by atoms with Crippen LogP contribution in [0.15, 0.2) is 9.82 Å². The summed E-state index contributed by atoms with van der Waals surface area (Å²) in [4.78, 5) is 31.8. The van der Waals surface area contributed by atoms with Gasteiger partial charge in [-0.05, 0) is 26.0 Å². The molecule has 1 aliphatic heterocycles. The zero-order chi connectivity index (χ0) is 14.0. The second-order valence-electron chi connectivity index (χ2n) is 4.60. The minimum atomic E-state index is -0.466. The van der Waals surface area contributed by atoms with Gasteiger partial charge in [-0.2, -0.15) is 4.98 Å². The van der Waals surface area contributed by atoms with E-state index in [1.807, 2.05) is 0 Å². The number of aryl methyl sites for hydroxylation is 1. The summed E-state index contributed by atoms with van der Waals surface area (Å²) >= 11 is 1.28. The number of hydrogen-bond acceptors (Lipinski definition) is 5. The van der Waals surface area contributed by atoms with Gasteiger partial charge in [-0.3, -0.25) is 4.79 Å². The molecule has 1 atom stereocenters. The van der Waals surface area contributed by atoms with Gasteiger partial charge in [0.05, 0.1) is 11.7 Å². The molecule has 19 heavy (non-hydrogen) atoms. The van der Waals surface area contributed by atoms with Crippen molar-refractivity contribution in [2.75, 3.05) is 19.3 Å². The molecule has 1 aliphatic rings. The molecule has 6 nitrogen and oxygen atoms in total. The first-order chi connectivity index (χ1) is 9.02. The number of β-amino-alcohol motifs (C(OH)–C–C–N with tert-alkyl or cyclic N) is 1. The molecule has 1 amide bonds. The van der Waals surface area contributed by atoms with Gasteiger partial charge in [0, 0.05) is 18.8 Å². The largest absolute Gasteiger partial charge is 0.391 e. The molecule has 0 saturated carbocycles. The number of rotatable bonds is 2. The number of likely N-dealkylation sites (tertiary alicyclic amines) is 1. The third kappa shape index (κ3) is 2.98. The number of H-pyrrole nitrogens is 1. The molecule has 1 fully saturated rings. The van der Waals surface area contributed by atoms with Gasteiger partial charge in [0.25, 0.3) is 5.91 Å². The zero-order valence-electron chi connectivity index (χ0n) is 11.0. The van der Waals surface area contributed by atoms with Crippen LogP contribution in [0.1, 0.15) is 28.9 Å². The fourth-order valence-electron chi connectivity index (χ4n) is 2.26. The molecule has 2 N–H and O–H groups in total. The first-order valence-electron chi connectivity index (χ1n) is 6.15. The molecule has 2 heterocycles. The number of nitrogens with one attached hydrogen (secondary N) is 1. The highest BCUT2D eigenvalue weighted by Crippen LogP contribution is 2.21. The van der Waals surface area contributed by atoms with Gasteiger partial charge in [-0.15, -0.1) is 11.8 Å². The highest BCUT2D eigenvalue weighted by atomic mass is 32.2. The molecular weight excluding hydrogens is 266 g/mol. The number of aliphatic hydroxyl groups excluding tert-OH is 1. The Morgan fingerprint density at radius 2 is 2.32 bits per heavy atom. The average Bonchev–Trinajstić information content (AvgIpc) is 2.37. The van der Waals surface area contributed by atoms with E-state index in [1.54, 1.807) is 18.1 Å². The molecule has 0 aromatic carbocycles. The van der Waals surface area contributed by atoms with E-state index in [2.05, 4.69) is 9.97 Å². The van der Waals surface area contributed by atoms with Crippen molar-refractivity contribution in [2.45, 2.75) is 30.9 Å². The Hall–Kier alpha value is -1.34. The van der Waals surface area contributed by atoms with Crippen molar-refractivity contribution in [3.8, 4) is 0 Å². The summed E-state index contributed by atoms with van der Waals surface area (Å²) in [5.74, 6) is -0.177. The second-order valence-corrected chi connectivity index (χ2v) is 5.39. The predicted molar refractivity (Wildman–Crippen MR) is 72.5 cm³/mol. The lowest BCUT2D eigenvalue weighted by atomic mass is 10.1. The lowest BCUT2D eigenvalue weighted by molar-refractivity contribution is 0.0469. The van der Waals surface area contributed by atoms with Crippen LogP contribution in [0.2, 0.25) is 0 Å². The van der Waals surface area contributed by atoms with Gasteiger partial charge in [-0.25, -0.2) is 4.79 Å². The maximum absolute atomic E-state index is 12.5. The van der Waals surface area contributed by atoms with Crippen LogP contribution in [-0.2, 0) is 0 Å². The summed E-state index contributed by atoms with van der Waals surface area (Å²) in [5.41, 5.74) is 0.507. The van der Waals surface area contributed by atoms with Crippen molar-refractivity contribution in [3.63, 3.8) is 0 Å². The van der Waals surface area contributed by atoms with Gasteiger partial charge in [0.15, 0.2) is 0 Å². The Morgan fingerprint density at radius 3 is 2.95 bits per heavy atom. The van der Waals surface area contributed by atoms with Crippen molar-refractivity contribution in [2.24, 2.45) is 0 Å². The van der Waals surface area contributed by atoms with Crippen LogP contribution in [0.5, 0.6) is 0 Å². The quantitative estimate of drug-likeness (QED) is 0.606. The molecule has 0 unspecified atom stereocenters. The molecule has 1 aromatic rings. The Balaban J connectivity index is 2.35. The van der Waals surface area contributed by atoms with Crippen LogP contribution >= 0.6 is 11.8 Å². The van der Waals surface area contributed by atoms with Crippen molar-refractivity contribution < 1.29 is 9.90 Å². The summed E-state index contributed by atoms with van der Waals surface area (Å²) in [5, 5.41) is 10.1. The maximum atomic E-state index is 12.5. The predicted octanol–water partition coefficient (Wildman–Crippen LogP) is 0.397. The second kappa shape index (κ2) is 5.75. The average molecular weight is 283 g/mol. The van der Waals surface area contributed by atoms with Crippen LogP contribution in [0.25, 0.3) is 0 Å². The third-order valence-corrected chi connectivity index (χ3v) is 3.86. The van der Waals surface area contributed by atoms with Gasteiger partial charge in [-0.1, -0.05) is 0 Å². The summed E-state index contributed by atoms with van der Waals surface area (Å²) in [6.07, 6.45) is 2.83. The summed E-state index contributed by atoms with van der Waals surface area (Å²) in [6.45, 7) is 2.66. The lowest BCUT2D eigenvalue weighted by Gasteiger charge is -2.30. The molecule has 0 radical (unpaired) electrons. The number of aliphatic hydroxyl groups is 1. The molecule has 7 heteroatoms. The van der Waals surface area contributed by atoms with Crippen molar-refractivity contribution >= 4 is 17.7 Å². The third-order valence-electron chi connectivity index (χ3n) is 3.18. The van der Waals surface area contributed by atoms with E-state index in [0.29, 0.717) is 29.4 Å². The number of piperidine rings is 1. The number of aromatic amines is 1. The zero-order valence-corrected chi connectivity index (χ0v) is 11.8. The van der Waals surface area contributed by atoms with E-state index >= 15 is 0 Å². The Bertz CT molecular complexity index is 544. The van der Waals surface area contributed by atoms with Gasteiger partial charge >= 0.3 is 5.69 Å². The molecule has 1 saturated heterocycles. The number of carbonyl (C=O) groups excluding carboxylic acids is 1. The van der Waals surface area contributed by atoms with Crippen LogP contribution in [0.3, 0.4) is 0 Å². The topological polar surface area (TPSA) is 86.3 Å². The first-order valence-corrected chi connectivity index (χ1v) is 7.37. The van der Waals surface area contributed by atoms with Crippen LogP contribution in [-0.4, -0.2) is 51.3 Å². The standard InChI is InChI=1S/C12H17N3O3S/c1-7-9(10(19-2)14-12(18)13-7)11(17)15-5-3-4-8(16)6-15/h8,16H,3-6H2,1-2H3,(H,13,14,18)/t8-/m0/s1. The van der Waals surface area contributed by atoms with Crippen LogP contribution in [0, 0.1) is 6.92 Å². The highest BCUT2D eigenvalue weighted by Gasteiger charge is 2.26. The summed E-state index contributed by atoms with van der Waals surface area (Å²) < 4.78 is 0. The lowest BCUT2D eigenvalue weighted by Crippen LogP contribution is -2.43. The molecule has 1 aromatic heterocycles. The van der Waals surface area contributed by atoms with Gasteiger partial charge in [0.2, 0.25) is 0 Å². The molecule has 0 aliphatic carbocycles. The van der Waals surface area contributed by atoms with E-state index in [0.717, 1.165) is 12.8 Å². The maximum Gasteiger partial charge on any atom is 0.346 e. The van der Waals surface area contributed by atoms with Crippen LogP contribution < -0.4 is 5.69 Å². The minimum absolute atomic E-state index is 0.177. The van der Waals surface area contributed by atoms with Crippen molar-refractivity contribution in [1.29, 1.82) is 0 Å². The number of amides is 1. The summed E-state index contributed by atoms with van der Waals surface area (Å²) in [6, 6.07) is 0. The fraction of sp³-hybridized carbons (Fsp3) is 0.583. The van der Waals surface area contributed by atoms with E-state index in [1.165, 1.54) is 11.8 Å². The smallest absolute Gasteiger partial charge is 0.346 e. The van der Waals surface area contributed by atoms with Crippen molar-refractivity contribution in [1.82, 2.24) is 14.9 Å². The molecular formula is C12H17N3O3S. The number of nitrogens with zero attached hydrogens (tertiary/aromatic N) is 2. The number of thioether (sulfide) groups is 1. The van der Waals surface area contributed by atoms with Crippen LogP contribution in [0.4, 0.5) is 0 Å².